The maximum Gasteiger partial charge on any atom is 0.0291 e. The lowest BCUT2D eigenvalue weighted by Gasteiger charge is -2.34. The van der Waals surface area contributed by atoms with Crippen LogP contribution in [-0.4, -0.2) is 17.0 Å². The predicted octanol–water partition coefficient (Wildman–Crippen LogP) is 4.82. The molecule has 0 aromatic heterocycles. The fraction of sp³-hybridized carbons (Fsp3) is 0.333. The number of aryl methyl sites for hydroxylation is 1. The van der Waals surface area contributed by atoms with E-state index in [4.69, 9.17) is 0 Å². The van der Waals surface area contributed by atoms with Gasteiger partial charge in [0.1, 0.15) is 0 Å². The number of hydrogen-bond acceptors (Lipinski definition) is 1. The average Bonchev–Trinajstić information content (AvgIpc) is 2.79. The third-order valence-corrected chi connectivity index (χ3v) is 5.17. The van der Waals surface area contributed by atoms with Crippen LogP contribution >= 0.6 is 0 Å². The van der Waals surface area contributed by atoms with Crippen LogP contribution in [0.5, 0.6) is 0 Å². The monoisotopic (exact) mass is 289 g/mol. The highest BCUT2D eigenvalue weighted by Crippen LogP contribution is 2.39. The fourth-order valence-corrected chi connectivity index (χ4v) is 3.94. The van der Waals surface area contributed by atoms with E-state index in [-0.39, 0.29) is 0 Å². The summed E-state index contributed by atoms with van der Waals surface area (Å²) in [5.41, 5.74) is 5.75. The van der Waals surface area contributed by atoms with Gasteiger partial charge in [0.25, 0.3) is 0 Å². The molecule has 1 saturated heterocycles. The van der Waals surface area contributed by atoms with Crippen LogP contribution in [0.1, 0.15) is 36.0 Å². The van der Waals surface area contributed by atoms with Crippen molar-refractivity contribution in [3.63, 3.8) is 0 Å². The Hall–Kier alpha value is -1.86. The lowest BCUT2D eigenvalue weighted by atomic mass is 9.94. The van der Waals surface area contributed by atoms with Gasteiger partial charge in [-0.1, -0.05) is 66.2 Å². The van der Waals surface area contributed by atoms with Crippen molar-refractivity contribution in [2.45, 2.75) is 44.8 Å². The van der Waals surface area contributed by atoms with E-state index in [0.717, 1.165) is 6.54 Å². The van der Waals surface area contributed by atoms with E-state index in [1.54, 1.807) is 5.57 Å². The summed E-state index contributed by atoms with van der Waals surface area (Å²) in [5.74, 6) is 0. The molecule has 2 aliphatic heterocycles. The Morgan fingerprint density at radius 1 is 0.955 bits per heavy atom. The molecule has 0 spiro atoms. The van der Waals surface area contributed by atoms with Crippen molar-refractivity contribution >= 4 is 5.57 Å². The van der Waals surface area contributed by atoms with E-state index in [1.165, 1.54) is 36.0 Å². The van der Waals surface area contributed by atoms with Crippen molar-refractivity contribution in [3.05, 3.63) is 77.4 Å². The number of hydrogen-bond donors (Lipinski definition) is 0. The van der Waals surface area contributed by atoms with Crippen molar-refractivity contribution in [3.8, 4) is 0 Å². The molecular weight excluding hydrogens is 266 g/mol. The molecule has 0 saturated carbocycles. The first-order chi connectivity index (χ1) is 10.8. The molecule has 2 atom stereocenters. The minimum atomic E-state index is 0.621. The molecule has 2 aliphatic rings. The molecule has 2 aromatic carbocycles. The normalized spacial score (nSPS) is 24.3. The summed E-state index contributed by atoms with van der Waals surface area (Å²) in [7, 11) is 0. The van der Waals surface area contributed by atoms with Gasteiger partial charge in [0.15, 0.2) is 0 Å². The molecule has 22 heavy (non-hydrogen) atoms. The lowest BCUT2D eigenvalue weighted by Crippen LogP contribution is -2.37. The largest absolute Gasteiger partial charge is 0.289 e. The summed E-state index contributed by atoms with van der Waals surface area (Å²) in [6.45, 7) is 3.25. The van der Waals surface area contributed by atoms with Gasteiger partial charge in [-0.15, -0.1) is 0 Å². The van der Waals surface area contributed by atoms with Gasteiger partial charge in [0.2, 0.25) is 0 Å². The Kier molecular flexibility index (Phi) is 3.59. The maximum absolute atomic E-state index is 2.70. The van der Waals surface area contributed by atoms with E-state index in [0.29, 0.717) is 12.1 Å². The third-order valence-electron chi connectivity index (χ3n) is 5.17. The summed E-state index contributed by atoms with van der Waals surface area (Å²) in [6, 6.07) is 21.3. The molecule has 1 nitrogen and oxygen atoms in total. The molecule has 1 fully saturated rings. The topological polar surface area (TPSA) is 3.24 Å². The second-order valence-electron chi connectivity index (χ2n) is 6.72. The second-order valence-corrected chi connectivity index (χ2v) is 6.72. The molecule has 0 unspecified atom stereocenters. The van der Waals surface area contributed by atoms with Gasteiger partial charge in [-0.2, -0.15) is 0 Å². The molecule has 0 radical (unpaired) electrons. The summed E-state index contributed by atoms with van der Waals surface area (Å²) < 4.78 is 0. The number of fused-ring (bicyclic) bond motifs is 2. The van der Waals surface area contributed by atoms with Crippen LogP contribution < -0.4 is 0 Å². The molecule has 2 heterocycles. The van der Waals surface area contributed by atoms with Gasteiger partial charge < -0.3 is 0 Å². The summed E-state index contributed by atoms with van der Waals surface area (Å²) in [5, 5.41) is 0. The van der Waals surface area contributed by atoms with Crippen LogP contribution in [0.4, 0.5) is 0 Å². The molecule has 4 rings (SSSR count). The van der Waals surface area contributed by atoms with Gasteiger partial charge in [-0.25, -0.2) is 0 Å². The summed E-state index contributed by atoms with van der Waals surface area (Å²) >= 11 is 0. The highest BCUT2D eigenvalue weighted by atomic mass is 15.2. The highest BCUT2D eigenvalue weighted by molar-refractivity contribution is 5.68. The van der Waals surface area contributed by atoms with E-state index in [2.05, 4.69) is 72.5 Å². The van der Waals surface area contributed by atoms with E-state index in [9.17, 15) is 0 Å². The SMILES string of the molecule is Cc1ccc(C2=C[C@H]3CC[C@@H](C2)N3Cc2ccccc2)cc1. The molecular formula is C21H23N. The minimum absolute atomic E-state index is 0.621. The van der Waals surface area contributed by atoms with Gasteiger partial charge >= 0.3 is 0 Å². The average molecular weight is 289 g/mol. The van der Waals surface area contributed by atoms with Crippen LogP contribution in [0.15, 0.2) is 60.7 Å². The van der Waals surface area contributed by atoms with Gasteiger partial charge in [0.05, 0.1) is 0 Å². The number of rotatable bonds is 3. The van der Waals surface area contributed by atoms with E-state index in [1.807, 2.05) is 0 Å². The Morgan fingerprint density at radius 2 is 1.73 bits per heavy atom. The Bertz CT molecular complexity index is 669. The molecule has 0 aliphatic carbocycles. The van der Waals surface area contributed by atoms with E-state index >= 15 is 0 Å². The van der Waals surface area contributed by atoms with E-state index < -0.39 is 0 Å². The third kappa shape index (κ3) is 2.62. The van der Waals surface area contributed by atoms with Gasteiger partial charge in [-0.05, 0) is 42.9 Å². The minimum Gasteiger partial charge on any atom is -0.289 e. The summed E-state index contributed by atoms with van der Waals surface area (Å²) in [6.07, 6.45) is 6.37. The molecule has 0 amide bonds. The van der Waals surface area contributed by atoms with Crippen LogP contribution in [0.3, 0.4) is 0 Å². The Labute approximate surface area is 133 Å². The number of nitrogens with zero attached hydrogens (tertiary/aromatic N) is 1. The molecule has 2 bridgehead atoms. The predicted molar refractivity (Wildman–Crippen MR) is 92.6 cm³/mol. The van der Waals surface area contributed by atoms with Crippen molar-refractivity contribution in [1.82, 2.24) is 4.90 Å². The van der Waals surface area contributed by atoms with Gasteiger partial charge in [0, 0.05) is 18.6 Å². The van der Waals surface area contributed by atoms with Crippen molar-refractivity contribution in [2.75, 3.05) is 0 Å². The molecule has 112 valence electrons. The molecule has 0 N–H and O–H groups in total. The fourth-order valence-electron chi connectivity index (χ4n) is 3.94. The molecule has 1 heteroatoms. The molecule has 2 aromatic rings. The smallest absolute Gasteiger partial charge is 0.0291 e. The van der Waals surface area contributed by atoms with Crippen molar-refractivity contribution in [2.24, 2.45) is 0 Å². The van der Waals surface area contributed by atoms with Gasteiger partial charge in [-0.3, -0.25) is 4.90 Å². The van der Waals surface area contributed by atoms with Crippen molar-refractivity contribution < 1.29 is 0 Å². The lowest BCUT2D eigenvalue weighted by molar-refractivity contribution is 0.203. The summed E-state index contributed by atoms with van der Waals surface area (Å²) in [4.78, 5) is 2.70. The second kappa shape index (κ2) is 5.73. The van der Waals surface area contributed by atoms with Crippen molar-refractivity contribution in [1.29, 1.82) is 0 Å². The first kappa shape index (κ1) is 13.8. The maximum atomic E-state index is 2.70. The zero-order valence-electron chi connectivity index (χ0n) is 13.2. The Balaban J connectivity index is 1.56. The van der Waals surface area contributed by atoms with Crippen LogP contribution in [0.2, 0.25) is 0 Å². The van der Waals surface area contributed by atoms with Crippen LogP contribution in [0.25, 0.3) is 5.57 Å². The highest BCUT2D eigenvalue weighted by Gasteiger charge is 2.36. The van der Waals surface area contributed by atoms with Crippen LogP contribution in [-0.2, 0) is 6.54 Å². The zero-order valence-corrected chi connectivity index (χ0v) is 13.2. The zero-order chi connectivity index (χ0) is 14.9. The standard InChI is InChI=1S/C21H23N/c1-16-7-9-18(10-8-16)19-13-20-11-12-21(14-19)22(20)15-17-5-3-2-4-6-17/h2-10,13,20-21H,11-12,14-15H2,1H3/t20-,21+/m1/s1. The Morgan fingerprint density at radius 3 is 2.45 bits per heavy atom. The first-order valence-electron chi connectivity index (χ1n) is 8.37. The number of benzene rings is 2. The van der Waals surface area contributed by atoms with Crippen LogP contribution in [0, 0.1) is 6.92 Å². The first-order valence-corrected chi connectivity index (χ1v) is 8.37. The quantitative estimate of drug-likeness (QED) is 0.783.